The molecule has 2 aromatic rings. The summed E-state index contributed by atoms with van der Waals surface area (Å²) in [7, 11) is -2.69. The normalized spacial score (nSPS) is 10.9. The van der Waals surface area contributed by atoms with Crippen molar-refractivity contribution in [2.45, 2.75) is 11.8 Å². The van der Waals surface area contributed by atoms with Crippen LogP contribution in [-0.4, -0.2) is 36.5 Å². The van der Waals surface area contributed by atoms with Crippen molar-refractivity contribution in [1.82, 2.24) is 19.7 Å². The van der Waals surface area contributed by atoms with Gasteiger partial charge in [0.1, 0.15) is 10.7 Å². The van der Waals surface area contributed by atoms with Crippen LogP contribution in [0.25, 0.3) is 0 Å². The van der Waals surface area contributed by atoms with Gasteiger partial charge >= 0.3 is 12.0 Å². The lowest BCUT2D eigenvalue weighted by molar-refractivity contribution is 0.256. The van der Waals surface area contributed by atoms with E-state index in [4.69, 9.17) is 4.74 Å². The Bertz CT molecular complexity index is 843. The molecule has 2 rings (SSSR count). The summed E-state index contributed by atoms with van der Waals surface area (Å²) >= 11 is 3.12. The number of rotatable bonds is 4. The molecule has 1 aromatic heterocycles. The second-order valence-electron chi connectivity index (χ2n) is 4.18. The Morgan fingerprint density at radius 3 is 2.57 bits per heavy atom. The molecule has 2 amide bonds. The minimum atomic E-state index is -4.05. The van der Waals surface area contributed by atoms with Crippen LogP contribution in [0.1, 0.15) is 5.82 Å². The predicted molar refractivity (Wildman–Crippen MR) is 84.6 cm³/mol. The van der Waals surface area contributed by atoms with Crippen molar-refractivity contribution in [3.05, 3.63) is 34.6 Å². The molecule has 2 N–H and O–H groups in total. The van der Waals surface area contributed by atoms with Gasteiger partial charge in [-0.05, 0) is 35.0 Å². The summed E-state index contributed by atoms with van der Waals surface area (Å²) in [6, 6.07) is 5.10. The minimum absolute atomic E-state index is 0.00135. The van der Waals surface area contributed by atoms with E-state index >= 15 is 0 Å². The monoisotopic (exact) mass is 401 g/mol. The topological polar surface area (TPSA) is 123 Å². The highest BCUT2D eigenvalue weighted by Gasteiger charge is 2.20. The number of anilines is 1. The fourth-order valence-corrected chi connectivity index (χ4v) is 3.48. The van der Waals surface area contributed by atoms with Gasteiger partial charge in [-0.2, -0.15) is 15.0 Å². The lowest BCUT2D eigenvalue weighted by Crippen LogP contribution is -2.35. The van der Waals surface area contributed by atoms with Crippen LogP contribution in [0.5, 0.6) is 6.01 Å². The standard InChI is InChI=1S/C12H12BrN5O4S/c1-7-14-10(17-12(15-7)22-2)16-11(19)18-23(20,21)9-6-4-3-5-8(9)13/h3-6H,1-2H3,(H2,14,15,16,17,18,19). The summed E-state index contributed by atoms with van der Waals surface area (Å²) in [5, 5.41) is 2.22. The Labute approximate surface area is 140 Å². The highest BCUT2D eigenvalue weighted by atomic mass is 79.9. The number of nitrogens with one attached hydrogen (secondary N) is 2. The number of hydrogen-bond donors (Lipinski definition) is 2. The lowest BCUT2D eigenvalue weighted by atomic mass is 10.4. The second-order valence-corrected chi connectivity index (χ2v) is 6.69. The Kier molecular flexibility index (Phi) is 5.11. The zero-order chi connectivity index (χ0) is 17.0. The van der Waals surface area contributed by atoms with Crippen molar-refractivity contribution < 1.29 is 17.9 Å². The summed E-state index contributed by atoms with van der Waals surface area (Å²) in [6.45, 7) is 1.57. The van der Waals surface area contributed by atoms with Gasteiger partial charge in [-0.25, -0.2) is 17.9 Å². The second kappa shape index (κ2) is 6.87. The van der Waals surface area contributed by atoms with Gasteiger partial charge in [0, 0.05) is 4.47 Å². The third-order valence-corrected chi connectivity index (χ3v) is 4.83. The van der Waals surface area contributed by atoms with Gasteiger partial charge in [0.05, 0.1) is 7.11 Å². The van der Waals surface area contributed by atoms with E-state index in [2.05, 4.69) is 36.2 Å². The van der Waals surface area contributed by atoms with Crippen LogP contribution in [0.4, 0.5) is 10.7 Å². The third-order valence-electron chi connectivity index (χ3n) is 2.49. The molecule has 9 nitrogen and oxygen atoms in total. The maximum atomic E-state index is 12.2. The van der Waals surface area contributed by atoms with Gasteiger partial charge in [0.2, 0.25) is 5.95 Å². The number of carbonyl (C=O) groups is 1. The molecule has 0 aliphatic carbocycles. The smallest absolute Gasteiger partial charge is 0.335 e. The number of aryl methyl sites for hydroxylation is 1. The van der Waals surface area contributed by atoms with Crippen molar-refractivity contribution in [2.24, 2.45) is 0 Å². The van der Waals surface area contributed by atoms with Crippen LogP contribution >= 0.6 is 15.9 Å². The van der Waals surface area contributed by atoms with Crippen LogP contribution < -0.4 is 14.8 Å². The van der Waals surface area contributed by atoms with E-state index in [-0.39, 0.29) is 16.9 Å². The molecule has 0 unspecified atom stereocenters. The van der Waals surface area contributed by atoms with Crippen LogP contribution in [0.2, 0.25) is 0 Å². The summed E-state index contributed by atoms with van der Waals surface area (Å²) in [5.41, 5.74) is 0. The minimum Gasteiger partial charge on any atom is -0.467 e. The SMILES string of the molecule is COc1nc(C)nc(NC(=O)NS(=O)(=O)c2ccccc2Br)n1. The van der Waals surface area contributed by atoms with Gasteiger partial charge in [-0.3, -0.25) is 5.32 Å². The van der Waals surface area contributed by atoms with Crippen molar-refractivity contribution in [2.75, 3.05) is 12.4 Å². The number of halogens is 1. The molecule has 0 atom stereocenters. The number of urea groups is 1. The molecule has 0 aliphatic rings. The first kappa shape index (κ1) is 17.1. The molecule has 23 heavy (non-hydrogen) atoms. The maximum absolute atomic E-state index is 12.2. The number of amides is 2. The van der Waals surface area contributed by atoms with Gasteiger partial charge < -0.3 is 4.74 Å². The third kappa shape index (κ3) is 4.36. The van der Waals surface area contributed by atoms with E-state index < -0.39 is 16.1 Å². The molecule has 1 aromatic carbocycles. The van der Waals surface area contributed by atoms with Crippen LogP contribution in [0.15, 0.2) is 33.6 Å². The van der Waals surface area contributed by atoms with E-state index in [1.807, 2.05) is 4.72 Å². The number of sulfonamides is 1. The van der Waals surface area contributed by atoms with Gasteiger partial charge in [0.15, 0.2) is 0 Å². The Morgan fingerprint density at radius 1 is 1.22 bits per heavy atom. The molecule has 0 aliphatic heterocycles. The predicted octanol–water partition coefficient (Wildman–Crippen LogP) is 1.46. The fraction of sp³-hybridized carbons (Fsp3) is 0.167. The molecule has 1 heterocycles. The highest BCUT2D eigenvalue weighted by Crippen LogP contribution is 2.20. The van der Waals surface area contributed by atoms with Crippen LogP contribution in [-0.2, 0) is 10.0 Å². The van der Waals surface area contributed by atoms with Crippen molar-refractivity contribution >= 4 is 37.9 Å². The molecular weight excluding hydrogens is 390 g/mol. The van der Waals surface area contributed by atoms with Gasteiger partial charge in [-0.1, -0.05) is 12.1 Å². The Morgan fingerprint density at radius 2 is 1.91 bits per heavy atom. The van der Waals surface area contributed by atoms with E-state index in [1.165, 1.54) is 19.2 Å². The number of hydrogen-bond acceptors (Lipinski definition) is 7. The Balaban J connectivity index is 2.16. The first-order valence-corrected chi connectivity index (χ1v) is 8.44. The van der Waals surface area contributed by atoms with Gasteiger partial charge in [0.25, 0.3) is 10.0 Å². The number of benzene rings is 1. The maximum Gasteiger partial charge on any atom is 0.335 e. The molecule has 122 valence electrons. The molecule has 0 radical (unpaired) electrons. The van der Waals surface area contributed by atoms with Crippen LogP contribution in [0, 0.1) is 6.92 Å². The molecule has 0 bridgehead atoms. The first-order valence-electron chi connectivity index (χ1n) is 6.17. The van der Waals surface area contributed by atoms with Crippen molar-refractivity contribution in [3.8, 4) is 6.01 Å². The average molecular weight is 402 g/mol. The van der Waals surface area contributed by atoms with Crippen LogP contribution in [0.3, 0.4) is 0 Å². The quantitative estimate of drug-likeness (QED) is 0.794. The zero-order valence-corrected chi connectivity index (χ0v) is 14.5. The molecule has 0 saturated heterocycles. The zero-order valence-electron chi connectivity index (χ0n) is 12.1. The fourth-order valence-electron chi connectivity index (χ4n) is 1.57. The van der Waals surface area contributed by atoms with E-state index in [0.29, 0.717) is 10.3 Å². The average Bonchev–Trinajstić information content (AvgIpc) is 2.46. The number of carbonyl (C=O) groups excluding carboxylic acids is 1. The van der Waals surface area contributed by atoms with Crippen molar-refractivity contribution in [3.63, 3.8) is 0 Å². The first-order chi connectivity index (χ1) is 10.8. The van der Waals surface area contributed by atoms with E-state index in [9.17, 15) is 13.2 Å². The summed E-state index contributed by atoms with van der Waals surface area (Å²) in [5.74, 6) is 0.176. The molecule has 11 heteroatoms. The molecule has 0 fully saturated rings. The highest BCUT2D eigenvalue weighted by molar-refractivity contribution is 9.10. The van der Waals surface area contributed by atoms with E-state index in [1.54, 1.807) is 19.1 Å². The number of nitrogens with zero attached hydrogens (tertiary/aromatic N) is 3. The van der Waals surface area contributed by atoms with E-state index in [0.717, 1.165) is 0 Å². The molecular formula is C12H12BrN5O4S. The number of methoxy groups -OCH3 is 1. The van der Waals surface area contributed by atoms with Gasteiger partial charge in [-0.15, -0.1) is 0 Å². The molecule has 0 spiro atoms. The Hall–Kier alpha value is -2.27. The van der Waals surface area contributed by atoms with Crippen molar-refractivity contribution in [1.29, 1.82) is 0 Å². The summed E-state index contributed by atoms with van der Waals surface area (Å²) in [4.78, 5) is 23.3. The number of aromatic nitrogens is 3. The summed E-state index contributed by atoms with van der Waals surface area (Å²) < 4.78 is 31.4. The number of ether oxygens (including phenoxy) is 1. The summed E-state index contributed by atoms with van der Waals surface area (Å²) in [6.07, 6.45) is 0. The lowest BCUT2D eigenvalue weighted by Gasteiger charge is -2.09. The molecule has 0 saturated carbocycles. The largest absolute Gasteiger partial charge is 0.467 e.